The molecule has 2 atom stereocenters. The number of amides is 1. The van der Waals surface area contributed by atoms with Gasteiger partial charge in [0.15, 0.2) is 0 Å². The number of hydrogen-bond donors (Lipinski definition) is 1. The molecule has 1 fully saturated rings. The topological polar surface area (TPSA) is 65.9 Å². The first-order valence-electron chi connectivity index (χ1n) is 12.5. The zero-order valence-electron chi connectivity index (χ0n) is 20.0. The van der Waals surface area contributed by atoms with Crippen molar-refractivity contribution in [3.8, 4) is 5.75 Å². The summed E-state index contributed by atoms with van der Waals surface area (Å²) in [5.41, 5.74) is 3.16. The van der Waals surface area contributed by atoms with Gasteiger partial charge < -0.3 is 14.7 Å². The average Bonchev–Trinajstić information content (AvgIpc) is 3.12. The summed E-state index contributed by atoms with van der Waals surface area (Å²) < 4.78 is 6.40. The van der Waals surface area contributed by atoms with Crippen molar-refractivity contribution in [1.29, 1.82) is 0 Å². The van der Waals surface area contributed by atoms with Crippen molar-refractivity contribution in [1.82, 2.24) is 14.8 Å². The third kappa shape index (κ3) is 5.72. The molecule has 0 saturated carbocycles. The maximum absolute atomic E-state index is 13.1. The maximum atomic E-state index is 13.1. The molecule has 1 N–H and O–H groups in total. The zero-order chi connectivity index (χ0) is 24.0. The molecule has 3 aromatic rings. The van der Waals surface area contributed by atoms with Crippen molar-refractivity contribution in [3.63, 3.8) is 0 Å². The number of likely N-dealkylation sites (tertiary alicyclic amines) is 1. The number of aliphatic hydroxyl groups excluding tert-OH is 1. The Kier molecular flexibility index (Phi) is 7.40. The Morgan fingerprint density at radius 2 is 1.80 bits per heavy atom. The molecule has 0 spiro atoms. The van der Waals surface area contributed by atoms with E-state index in [4.69, 9.17) is 4.74 Å². The number of rotatable bonds is 6. The van der Waals surface area contributed by atoms with E-state index < -0.39 is 6.10 Å². The minimum atomic E-state index is -0.520. The van der Waals surface area contributed by atoms with Gasteiger partial charge in [-0.25, -0.2) is 0 Å². The third-order valence-electron chi connectivity index (χ3n) is 7.24. The molecule has 5 rings (SSSR count). The highest BCUT2D eigenvalue weighted by Gasteiger charge is 2.29. The van der Waals surface area contributed by atoms with Gasteiger partial charge in [0.05, 0.1) is 6.10 Å². The van der Waals surface area contributed by atoms with Crippen LogP contribution in [0.4, 0.5) is 0 Å². The number of pyridine rings is 1. The predicted molar refractivity (Wildman–Crippen MR) is 135 cm³/mol. The van der Waals surface area contributed by atoms with Crippen LogP contribution in [0.5, 0.6) is 5.75 Å². The molecule has 182 valence electrons. The van der Waals surface area contributed by atoms with Crippen LogP contribution < -0.4 is 4.74 Å². The van der Waals surface area contributed by atoms with E-state index in [1.165, 1.54) is 0 Å². The summed E-state index contributed by atoms with van der Waals surface area (Å²) in [6, 6.07) is 22.3. The molecular weight excluding hydrogens is 438 g/mol. The van der Waals surface area contributed by atoms with E-state index in [9.17, 15) is 9.90 Å². The summed E-state index contributed by atoms with van der Waals surface area (Å²) in [5, 5.41) is 10.7. The first-order valence-corrected chi connectivity index (χ1v) is 12.5. The fourth-order valence-electron chi connectivity index (χ4n) is 5.19. The molecule has 6 heteroatoms. The van der Waals surface area contributed by atoms with Gasteiger partial charge in [0.25, 0.3) is 0 Å². The normalized spacial score (nSPS) is 19.9. The number of nitrogens with zero attached hydrogens (tertiary/aromatic N) is 3. The quantitative estimate of drug-likeness (QED) is 0.578. The number of ether oxygens (including phenoxy) is 1. The van der Waals surface area contributed by atoms with Gasteiger partial charge in [0.1, 0.15) is 11.9 Å². The number of aliphatic hydroxyl groups is 1. The van der Waals surface area contributed by atoms with Crippen molar-refractivity contribution in [2.24, 2.45) is 5.92 Å². The second kappa shape index (κ2) is 11.0. The molecule has 1 amide bonds. The summed E-state index contributed by atoms with van der Waals surface area (Å²) in [4.78, 5) is 21.5. The molecule has 1 saturated heterocycles. The molecule has 3 heterocycles. The minimum absolute atomic E-state index is 0.0698. The molecule has 2 aromatic carbocycles. The maximum Gasteiger partial charge on any atom is 0.223 e. The number of carbonyl (C=O) groups excluding carboxylic acids is 1. The highest BCUT2D eigenvalue weighted by molar-refractivity contribution is 5.76. The summed E-state index contributed by atoms with van der Waals surface area (Å²) >= 11 is 0. The molecule has 6 nitrogen and oxygen atoms in total. The van der Waals surface area contributed by atoms with E-state index in [0.717, 1.165) is 48.4 Å². The van der Waals surface area contributed by atoms with E-state index in [1.54, 1.807) is 12.4 Å². The third-order valence-corrected chi connectivity index (χ3v) is 7.24. The summed E-state index contributed by atoms with van der Waals surface area (Å²) in [6.45, 7) is 3.59. The Hall–Kier alpha value is -3.22. The highest BCUT2D eigenvalue weighted by atomic mass is 16.5. The number of carbonyl (C=O) groups is 1. The molecular formula is C29H33N3O3. The number of para-hydroxylation sites is 1. The van der Waals surface area contributed by atoms with Gasteiger partial charge in [0, 0.05) is 57.1 Å². The fourth-order valence-corrected chi connectivity index (χ4v) is 5.19. The Balaban J connectivity index is 1.18. The van der Waals surface area contributed by atoms with E-state index >= 15 is 0 Å². The van der Waals surface area contributed by atoms with Crippen LogP contribution in [0.1, 0.15) is 48.2 Å². The second-order valence-electron chi connectivity index (χ2n) is 9.56. The molecule has 2 aliphatic heterocycles. The zero-order valence-corrected chi connectivity index (χ0v) is 20.0. The van der Waals surface area contributed by atoms with Crippen LogP contribution in [0.3, 0.4) is 0 Å². The van der Waals surface area contributed by atoms with Crippen molar-refractivity contribution < 1.29 is 14.6 Å². The smallest absolute Gasteiger partial charge is 0.223 e. The first kappa shape index (κ1) is 23.5. The Morgan fingerprint density at radius 1 is 1.03 bits per heavy atom. The number of piperidine rings is 1. The van der Waals surface area contributed by atoms with Gasteiger partial charge >= 0.3 is 0 Å². The lowest BCUT2D eigenvalue weighted by molar-refractivity contribution is -0.133. The van der Waals surface area contributed by atoms with Crippen LogP contribution in [-0.2, 0) is 11.3 Å². The summed E-state index contributed by atoms with van der Waals surface area (Å²) in [7, 11) is 0. The lowest BCUT2D eigenvalue weighted by atomic mass is 9.88. The van der Waals surface area contributed by atoms with E-state index in [2.05, 4.69) is 28.1 Å². The van der Waals surface area contributed by atoms with Crippen LogP contribution in [0.2, 0.25) is 0 Å². The molecule has 1 aromatic heterocycles. The van der Waals surface area contributed by atoms with Gasteiger partial charge in [-0.05, 0) is 42.0 Å². The van der Waals surface area contributed by atoms with Crippen molar-refractivity contribution in [2.45, 2.75) is 38.0 Å². The standard InChI is InChI=1S/C29H33N3O3/c33-28(32-17-12-23(13-18-32)29(34)24-10-6-15-30-19-24)14-16-31-20-25-9-4-5-11-26(25)35-27(21-31)22-7-2-1-3-8-22/h1-11,15,19,23,27,29,34H,12-14,16-18,20-21H2/t27-,29-/m1/s1. The van der Waals surface area contributed by atoms with Gasteiger partial charge in [-0.1, -0.05) is 54.6 Å². The Morgan fingerprint density at radius 3 is 2.57 bits per heavy atom. The van der Waals surface area contributed by atoms with Crippen molar-refractivity contribution in [2.75, 3.05) is 26.2 Å². The van der Waals surface area contributed by atoms with Crippen molar-refractivity contribution in [3.05, 3.63) is 95.8 Å². The summed E-state index contributed by atoms with van der Waals surface area (Å²) in [6.07, 6.45) is 4.96. The average molecular weight is 472 g/mol. The van der Waals surface area contributed by atoms with Crippen LogP contribution in [0.25, 0.3) is 0 Å². The number of fused-ring (bicyclic) bond motifs is 1. The molecule has 2 aliphatic rings. The molecule has 0 bridgehead atoms. The summed E-state index contributed by atoms with van der Waals surface area (Å²) in [5.74, 6) is 1.27. The Labute approximate surface area is 207 Å². The van der Waals surface area contributed by atoms with Gasteiger partial charge in [-0.3, -0.25) is 14.7 Å². The monoisotopic (exact) mass is 471 g/mol. The lowest BCUT2D eigenvalue weighted by Crippen LogP contribution is -2.41. The Bertz CT molecular complexity index is 1100. The SMILES string of the molecule is O=C(CCN1Cc2ccccc2O[C@@H](c2ccccc2)C1)N1CCC([C@@H](O)c2cccnc2)CC1. The predicted octanol–water partition coefficient (Wildman–Crippen LogP) is 4.38. The largest absolute Gasteiger partial charge is 0.484 e. The van der Waals surface area contributed by atoms with Gasteiger partial charge in [-0.2, -0.15) is 0 Å². The number of hydrogen-bond acceptors (Lipinski definition) is 5. The van der Waals surface area contributed by atoms with E-state index in [0.29, 0.717) is 26.1 Å². The van der Waals surface area contributed by atoms with Gasteiger partial charge in [0.2, 0.25) is 5.91 Å². The molecule has 35 heavy (non-hydrogen) atoms. The molecule has 0 aliphatic carbocycles. The van der Waals surface area contributed by atoms with Crippen LogP contribution >= 0.6 is 0 Å². The van der Waals surface area contributed by atoms with E-state index in [-0.39, 0.29) is 17.9 Å². The molecule has 0 radical (unpaired) electrons. The minimum Gasteiger partial charge on any atom is -0.484 e. The fraction of sp³-hybridized carbons (Fsp3) is 0.379. The number of aromatic nitrogens is 1. The lowest BCUT2D eigenvalue weighted by Gasteiger charge is -2.34. The second-order valence-corrected chi connectivity index (χ2v) is 9.56. The van der Waals surface area contributed by atoms with Crippen molar-refractivity contribution >= 4 is 5.91 Å². The van der Waals surface area contributed by atoms with Crippen LogP contribution in [0.15, 0.2) is 79.1 Å². The molecule has 0 unspecified atom stereocenters. The van der Waals surface area contributed by atoms with Crippen LogP contribution in [-0.4, -0.2) is 52.0 Å². The first-order chi connectivity index (χ1) is 17.2. The van der Waals surface area contributed by atoms with Gasteiger partial charge in [-0.15, -0.1) is 0 Å². The van der Waals surface area contributed by atoms with E-state index in [1.807, 2.05) is 53.4 Å². The highest BCUT2D eigenvalue weighted by Crippen LogP contribution is 2.32. The number of benzene rings is 2. The van der Waals surface area contributed by atoms with Crippen LogP contribution in [0, 0.1) is 5.92 Å².